The molecule has 2 aliphatic rings. The minimum absolute atomic E-state index is 0.0194. The molecule has 0 saturated carbocycles. The minimum Gasteiger partial charge on any atom is -0.480 e. The normalized spacial score (nSPS) is 19.0. The molecule has 0 aliphatic heterocycles. The van der Waals surface area contributed by atoms with Crippen LogP contribution in [-0.4, -0.2) is 54.2 Å². The highest BCUT2D eigenvalue weighted by molar-refractivity contribution is 5.83. The average molecular weight is 434 g/mol. The number of alkyl carbamates (subject to hydrolysis) is 1. The van der Waals surface area contributed by atoms with Crippen molar-refractivity contribution in [2.24, 2.45) is 5.92 Å². The average Bonchev–Trinajstić information content (AvgIpc) is 3.10. The number of ether oxygens (including phenoxy) is 1. The third-order valence-electron chi connectivity index (χ3n) is 6.07. The van der Waals surface area contributed by atoms with Crippen molar-refractivity contribution in [3.8, 4) is 11.1 Å². The largest absolute Gasteiger partial charge is 0.480 e. The first-order chi connectivity index (χ1) is 15.4. The molecule has 2 aromatic carbocycles. The highest BCUT2D eigenvalue weighted by Crippen LogP contribution is 2.44. The zero-order valence-corrected chi connectivity index (χ0v) is 17.9. The zero-order valence-electron chi connectivity index (χ0n) is 17.9. The molecule has 2 aromatic rings. The van der Waals surface area contributed by atoms with Crippen molar-refractivity contribution < 1.29 is 24.2 Å². The molecule has 0 aromatic heterocycles. The van der Waals surface area contributed by atoms with Crippen molar-refractivity contribution in [3.05, 3.63) is 71.8 Å². The molecule has 0 saturated heterocycles. The van der Waals surface area contributed by atoms with Gasteiger partial charge in [-0.15, -0.1) is 0 Å². The fraction of sp³-hybridized carbons (Fsp3) is 0.320. The molecule has 32 heavy (non-hydrogen) atoms. The van der Waals surface area contributed by atoms with Crippen LogP contribution >= 0.6 is 0 Å². The molecule has 0 radical (unpaired) electrons. The van der Waals surface area contributed by atoms with Crippen molar-refractivity contribution >= 4 is 18.0 Å². The highest BCUT2D eigenvalue weighted by atomic mass is 16.5. The maximum Gasteiger partial charge on any atom is 0.407 e. The molecule has 0 bridgehead atoms. The van der Waals surface area contributed by atoms with Crippen molar-refractivity contribution in [3.63, 3.8) is 0 Å². The number of hydrogen-bond acceptors (Lipinski definition) is 4. The van der Waals surface area contributed by atoms with Crippen LogP contribution in [0.1, 0.15) is 29.9 Å². The number of nitrogens with one attached hydrogen (secondary N) is 1. The van der Waals surface area contributed by atoms with Gasteiger partial charge in [0, 0.05) is 18.9 Å². The summed E-state index contributed by atoms with van der Waals surface area (Å²) in [6, 6.07) is 15.9. The first kappa shape index (κ1) is 21.6. The van der Waals surface area contributed by atoms with E-state index in [1.54, 1.807) is 0 Å². The lowest BCUT2D eigenvalue weighted by molar-refractivity contribution is -0.145. The van der Waals surface area contributed by atoms with Gasteiger partial charge in [0.05, 0.1) is 6.04 Å². The van der Waals surface area contributed by atoms with Gasteiger partial charge in [0.1, 0.15) is 13.2 Å². The van der Waals surface area contributed by atoms with Crippen molar-refractivity contribution in [1.82, 2.24) is 10.2 Å². The molecule has 166 valence electrons. The first-order valence-electron chi connectivity index (χ1n) is 10.7. The predicted octanol–water partition coefficient (Wildman–Crippen LogP) is 3.40. The summed E-state index contributed by atoms with van der Waals surface area (Å²) in [6.07, 6.45) is 4.08. The Kier molecular flexibility index (Phi) is 6.25. The van der Waals surface area contributed by atoms with E-state index in [1.165, 1.54) is 23.1 Å². The molecule has 2 N–H and O–H groups in total. The third kappa shape index (κ3) is 4.51. The lowest BCUT2D eigenvalue weighted by Gasteiger charge is -2.27. The SMILES string of the molecule is CN(CC(=O)O)C(=O)C1CC=CC(NC(=O)OCC2c3ccccc3-c3ccccc32)C1. The van der Waals surface area contributed by atoms with E-state index >= 15 is 0 Å². The van der Waals surface area contributed by atoms with E-state index in [2.05, 4.69) is 29.6 Å². The number of amides is 2. The summed E-state index contributed by atoms with van der Waals surface area (Å²) in [4.78, 5) is 37.1. The third-order valence-corrected chi connectivity index (χ3v) is 6.07. The maximum atomic E-state index is 12.5. The Labute approximate surface area is 186 Å². The molecular weight excluding hydrogens is 408 g/mol. The number of aliphatic carboxylic acids is 1. The van der Waals surface area contributed by atoms with Crippen LogP contribution in [0.4, 0.5) is 4.79 Å². The van der Waals surface area contributed by atoms with Gasteiger partial charge in [-0.2, -0.15) is 0 Å². The van der Waals surface area contributed by atoms with Crippen molar-refractivity contribution in [1.29, 1.82) is 0 Å². The summed E-state index contributed by atoms with van der Waals surface area (Å²) in [5.74, 6) is -1.69. The van der Waals surface area contributed by atoms with Gasteiger partial charge in [-0.3, -0.25) is 9.59 Å². The summed E-state index contributed by atoms with van der Waals surface area (Å²) >= 11 is 0. The molecule has 7 nitrogen and oxygen atoms in total. The van der Waals surface area contributed by atoms with Gasteiger partial charge in [0.15, 0.2) is 0 Å². The number of benzene rings is 2. The van der Waals surface area contributed by atoms with Gasteiger partial charge in [0.25, 0.3) is 0 Å². The second-order valence-electron chi connectivity index (χ2n) is 8.26. The second kappa shape index (κ2) is 9.26. The summed E-state index contributed by atoms with van der Waals surface area (Å²) in [5, 5.41) is 11.7. The number of nitrogens with zero attached hydrogens (tertiary/aromatic N) is 1. The van der Waals surface area contributed by atoms with Crippen LogP contribution < -0.4 is 5.32 Å². The van der Waals surface area contributed by atoms with Gasteiger partial charge in [-0.1, -0.05) is 60.7 Å². The van der Waals surface area contributed by atoms with Crippen LogP contribution in [0.2, 0.25) is 0 Å². The molecule has 0 spiro atoms. The molecule has 7 heteroatoms. The van der Waals surface area contributed by atoms with E-state index in [-0.39, 0.29) is 36.9 Å². The number of likely N-dealkylation sites (N-methyl/N-ethyl adjacent to an activating group) is 1. The van der Waals surface area contributed by atoms with Crippen molar-refractivity contribution in [2.45, 2.75) is 24.8 Å². The summed E-state index contributed by atoms with van der Waals surface area (Å²) < 4.78 is 5.58. The number of allylic oxidation sites excluding steroid dienone is 1. The second-order valence-corrected chi connectivity index (χ2v) is 8.26. The lowest BCUT2D eigenvalue weighted by Crippen LogP contribution is -2.42. The summed E-state index contributed by atoms with van der Waals surface area (Å²) in [5.41, 5.74) is 4.62. The highest BCUT2D eigenvalue weighted by Gasteiger charge is 2.31. The van der Waals surface area contributed by atoms with Gasteiger partial charge in [-0.25, -0.2) is 4.79 Å². The predicted molar refractivity (Wildman–Crippen MR) is 119 cm³/mol. The van der Waals surface area contributed by atoms with Gasteiger partial charge in [-0.05, 0) is 35.1 Å². The number of carbonyl (C=O) groups excluding carboxylic acids is 2. The number of carbonyl (C=O) groups is 3. The van der Waals surface area contributed by atoms with Crippen LogP contribution in [0, 0.1) is 5.92 Å². The quantitative estimate of drug-likeness (QED) is 0.680. The Balaban J connectivity index is 1.35. The van der Waals surface area contributed by atoms with Crippen LogP contribution in [0.15, 0.2) is 60.7 Å². The van der Waals surface area contributed by atoms with E-state index < -0.39 is 12.1 Å². The lowest BCUT2D eigenvalue weighted by atomic mass is 9.90. The van der Waals surface area contributed by atoms with E-state index in [4.69, 9.17) is 9.84 Å². The Hall–Kier alpha value is -3.61. The fourth-order valence-electron chi connectivity index (χ4n) is 4.58. The number of fused-ring (bicyclic) bond motifs is 3. The number of carboxylic acid groups (broad SMARTS) is 1. The Morgan fingerprint density at radius 2 is 1.69 bits per heavy atom. The maximum absolute atomic E-state index is 12.5. The van der Waals surface area contributed by atoms with Crippen LogP contribution in [0.3, 0.4) is 0 Å². The molecular formula is C25H26N2O5. The summed E-state index contributed by atoms with van der Waals surface area (Å²) in [6.45, 7) is -0.122. The van der Waals surface area contributed by atoms with E-state index in [9.17, 15) is 14.4 Å². The Bertz CT molecular complexity index is 1020. The number of hydrogen-bond donors (Lipinski definition) is 2. The molecule has 2 atom stereocenters. The Morgan fingerprint density at radius 3 is 2.31 bits per heavy atom. The molecule has 4 rings (SSSR count). The smallest absolute Gasteiger partial charge is 0.407 e. The van der Waals surface area contributed by atoms with Gasteiger partial charge >= 0.3 is 12.1 Å². The van der Waals surface area contributed by atoms with Crippen LogP contribution in [0.25, 0.3) is 11.1 Å². The number of carboxylic acids is 1. The van der Waals surface area contributed by atoms with Gasteiger partial charge in [0.2, 0.25) is 5.91 Å². The molecule has 2 aliphatic carbocycles. The molecule has 0 heterocycles. The molecule has 2 amide bonds. The minimum atomic E-state index is -1.06. The van der Waals surface area contributed by atoms with Crippen LogP contribution in [0.5, 0.6) is 0 Å². The monoisotopic (exact) mass is 434 g/mol. The van der Waals surface area contributed by atoms with E-state index in [0.29, 0.717) is 12.8 Å². The standard InChI is InChI=1S/C25H26N2O5/c1-27(14-23(28)29)24(30)16-7-6-8-17(13-16)26-25(31)32-15-22-20-11-4-2-9-18(20)19-10-3-5-12-21(19)22/h2-6,8-12,16-17,22H,7,13-15H2,1H3,(H,26,31)(H,28,29). The number of rotatable bonds is 6. The van der Waals surface area contributed by atoms with E-state index in [1.807, 2.05) is 36.4 Å². The molecule has 2 unspecified atom stereocenters. The van der Waals surface area contributed by atoms with E-state index in [0.717, 1.165) is 11.1 Å². The van der Waals surface area contributed by atoms with Gasteiger partial charge < -0.3 is 20.1 Å². The Morgan fingerprint density at radius 1 is 1.06 bits per heavy atom. The summed E-state index contributed by atoms with van der Waals surface area (Å²) in [7, 11) is 1.47. The van der Waals surface area contributed by atoms with Crippen molar-refractivity contribution in [2.75, 3.05) is 20.2 Å². The first-order valence-corrected chi connectivity index (χ1v) is 10.7. The topological polar surface area (TPSA) is 95.9 Å². The molecule has 0 fully saturated rings. The van der Waals surface area contributed by atoms with Crippen LogP contribution in [-0.2, 0) is 14.3 Å². The zero-order chi connectivity index (χ0) is 22.7. The fourth-order valence-corrected chi connectivity index (χ4v) is 4.58.